The Kier molecular flexibility index (Phi) is 5.66. The summed E-state index contributed by atoms with van der Waals surface area (Å²) in [4.78, 5) is 29.6. The van der Waals surface area contributed by atoms with Gasteiger partial charge in [0.25, 0.3) is 5.91 Å². The fourth-order valence-corrected chi connectivity index (χ4v) is 4.43. The highest BCUT2D eigenvalue weighted by Gasteiger charge is 2.21. The molecule has 1 atom stereocenters. The molecule has 33 heavy (non-hydrogen) atoms. The third kappa shape index (κ3) is 4.65. The van der Waals surface area contributed by atoms with Crippen molar-refractivity contribution in [2.45, 2.75) is 19.4 Å². The van der Waals surface area contributed by atoms with Crippen LogP contribution in [-0.2, 0) is 16.0 Å². The zero-order chi connectivity index (χ0) is 22.8. The van der Waals surface area contributed by atoms with Crippen molar-refractivity contribution in [3.63, 3.8) is 0 Å². The van der Waals surface area contributed by atoms with Gasteiger partial charge in [-0.1, -0.05) is 24.3 Å². The molecule has 7 nitrogen and oxygen atoms in total. The van der Waals surface area contributed by atoms with E-state index in [4.69, 9.17) is 14.2 Å². The summed E-state index contributed by atoms with van der Waals surface area (Å²) in [5.74, 6) is 0.0292. The van der Waals surface area contributed by atoms with Gasteiger partial charge < -0.3 is 19.5 Å². The Hall–Kier alpha value is -3.91. The topological polar surface area (TPSA) is 86.8 Å². The summed E-state index contributed by atoms with van der Waals surface area (Å²) in [6.45, 7) is 1.65. The van der Waals surface area contributed by atoms with Crippen LogP contribution in [0.2, 0.25) is 0 Å². The number of rotatable bonds is 6. The monoisotopic (exact) mass is 460 g/mol. The van der Waals surface area contributed by atoms with Crippen LogP contribution in [0.15, 0.2) is 66.7 Å². The predicted octanol–water partition coefficient (Wildman–Crippen LogP) is 4.80. The summed E-state index contributed by atoms with van der Waals surface area (Å²) in [6, 6.07) is 20.4. The van der Waals surface area contributed by atoms with Crippen molar-refractivity contribution in [1.82, 2.24) is 4.98 Å². The minimum Gasteiger partial charge on any atom is -0.454 e. The molecule has 0 fully saturated rings. The predicted molar refractivity (Wildman–Crippen MR) is 125 cm³/mol. The smallest absolute Gasteiger partial charge is 0.339 e. The second-order valence-electron chi connectivity index (χ2n) is 7.55. The Morgan fingerprint density at radius 2 is 1.85 bits per heavy atom. The van der Waals surface area contributed by atoms with E-state index >= 15 is 0 Å². The number of anilines is 1. The fourth-order valence-electron chi connectivity index (χ4n) is 3.43. The molecule has 1 aliphatic heterocycles. The molecule has 0 spiro atoms. The third-order valence-corrected chi connectivity index (χ3v) is 6.21. The van der Waals surface area contributed by atoms with E-state index in [-0.39, 0.29) is 12.4 Å². The summed E-state index contributed by atoms with van der Waals surface area (Å²) >= 11 is 1.68. The zero-order valence-electron chi connectivity index (χ0n) is 17.7. The lowest BCUT2D eigenvalue weighted by Gasteiger charge is -2.14. The third-order valence-electron chi connectivity index (χ3n) is 5.18. The van der Waals surface area contributed by atoms with Gasteiger partial charge in [0.05, 0.1) is 20.8 Å². The lowest BCUT2D eigenvalue weighted by atomic mass is 10.1. The van der Waals surface area contributed by atoms with Crippen molar-refractivity contribution in [3.8, 4) is 11.5 Å². The largest absolute Gasteiger partial charge is 0.454 e. The second kappa shape index (κ2) is 8.91. The van der Waals surface area contributed by atoms with E-state index in [1.165, 1.54) is 11.6 Å². The first kappa shape index (κ1) is 21.0. The Morgan fingerprint density at radius 3 is 2.67 bits per heavy atom. The molecule has 0 aliphatic carbocycles. The van der Waals surface area contributed by atoms with Crippen LogP contribution < -0.4 is 14.8 Å². The molecule has 3 aromatic carbocycles. The van der Waals surface area contributed by atoms with Gasteiger partial charge in [-0.05, 0) is 55.0 Å². The number of nitrogens with zero attached hydrogens (tertiary/aromatic N) is 1. The van der Waals surface area contributed by atoms with Gasteiger partial charge >= 0.3 is 5.97 Å². The van der Waals surface area contributed by atoms with Crippen LogP contribution in [-0.4, -0.2) is 29.8 Å². The van der Waals surface area contributed by atoms with Crippen LogP contribution in [0.3, 0.4) is 0 Å². The van der Waals surface area contributed by atoms with E-state index in [2.05, 4.69) is 16.4 Å². The average Bonchev–Trinajstić information content (AvgIpc) is 3.45. The highest BCUT2D eigenvalue weighted by atomic mass is 32.1. The van der Waals surface area contributed by atoms with Crippen LogP contribution in [0.1, 0.15) is 27.9 Å². The molecule has 5 rings (SSSR count). The standard InChI is InChI=1S/C25H20N2O5S/c1-15(32-25(29)17-8-11-20-21(13-17)31-14-30-20)24(28)26-18-9-6-16(7-10-18)12-23-27-19-4-2-3-5-22(19)33-23/h2-11,13,15H,12,14H2,1H3,(H,26,28)/t15-/m0/s1. The van der Waals surface area contributed by atoms with Gasteiger partial charge in [0.15, 0.2) is 17.6 Å². The van der Waals surface area contributed by atoms with E-state index in [0.29, 0.717) is 17.2 Å². The molecule has 1 amide bonds. The molecule has 0 bridgehead atoms. The average molecular weight is 461 g/mol. The highest BCUT2D eigenvalue weighted by Crippen LogP contribution is 2.32. The number of carbonyl (C=O) groups excluding carboxylic acids is 2. The van der Waals surface area contributed by atoms with Gasteiger partial charge in [-0.2, -0.15) is 0 Å². The molecule has 0 unspecified atom stereocenters. The summed E-state index contributed by atoms with van der Waals surface area (Å²) in [5.41, 5.74) is 3.01. The Morgan fingerprint density at radius 1 is 1.06 bits per heavy atom. The molecule has 1 N–H and O–H groups in total. The highest BCUT2D eigenvalue weighted by molar-refractivity contribution is 7.18. The first-order valence-electron chi connectivity index (χ1n) is 10.4. The Labute approximate surface area is 193 Å². The van der Waals surface area contributed by atoms with Gasteiger partial charge in [0.2, 0.25) is 6.79 Å². The number of carbonyl (C=O) groups is 2. The van der Waals surface area contributed by atoms with Crippen LogP contribution >= 0.6 is 11.3 Å². The summed E-state index contributed by atoms with van der Waals surface area (Å²) < 4.78 is 17.0. The van der Waals surface area contributed by atoms with Crippen molar-refractivity contribution >= 4 is 39.1 Å². The van der Waals surface area contributed by atoms with Crippen molar-refractivity contribution in [2.24, 2.45) is 0 Å². The number of fused-ring (bicyclic) bond motifs is 2. The number of esters is 1. The number of ether oxygens (including phenoxy) is 3. The number of nitrogens with one attached hydrogen (secondary N) is 1. The van der Waals surface area contributed by atoms with Gasteiger partial charge in [-0.15, -0.1) is 11.3 Å². The summed E-state index contributed by atoms with van der Waals surface area (Å²) in [6.07, 6.45) is -0.248. The molecule has 2 heterocycles. The first-order valence-corrected chi connectivity index (χ1v) is 11.2. The molecule has 166 valence electrons. The second-order valence-corrected chi connectivity index (χ2v) is 8.67. The van der Waals surface area contributed by atoms with Crippen molar-refractivity contribution in [3.05, 3.63) is 82.9 Å². The van der Waals surface area contributed by atoms with E-state index in [1.807, 2.05) is 42.5 Å². The molecule has 4 aromatic rings. The van der Waals surface area contributed by atoms with Gasteiger partial charge in [-0.25, -0.2) is 9.78 Å². The number of hydrogen-bond acceptors (Lipinski definition) is 7. The quantitative estimate of drug-likeness (QED) is 0.416. The van der Waals surface area contributed by atoms with Crippen molar-refractivity contribution in [2.75, 3.05) is 12.1 Å². The maximum atomic E-state index is 12.5. The molecule has 0 radical (unpaired) electrons. The lowest BCUT2D eigenvalue weighted by molar-refractivity contribution is -0.123. The summed E-state index contributed by atoms with van der Waals surface area (Å²) in [5, 5.41) is 3.82. The maximum absolute atomic E-state index is 12.5. The number of benzene rings is 3. The van der Waals surface area contributed by atoms with E-state index < -0.39 is 18.0 Å². The molecular formula is C25H20N2O5S. The fraction of sp³-hybridized carbons (Fsp3) is 0.160. The number of amides is 1. The number of para-hydroxylation sites is 1. The Balaban J connectivity index is 1.17. The van der Waals surface area contributed by atoms with Crippen LogP contribution in [0, 0.1) is 0 Å². The Bertz CT molecular complexity index is 1300. The van der Waals surface area contributed by atoms with E-state index in [1.54, 1.807) is 29.5 Å². The maximum Gasteiger partial charge on any atom is 0.339 e. The van der Waals surface area contributed by atoms with Gasteiger partial charge in [-0.3, -0.25) is 4.79 Å². The van der Waals surface area contributed by atoms with Crippen LogP contribution in [0.4, 0.5) is 5.69 Å². The van der Waals surface area contributed by atoms with Crippen LogP contribution in [0.5, 0.6) is 11.5 Å². The lowest BCUT2D eigenvalue weighted by Crippen LogP contribution is -2.30. The van der Waals surface area contributed by atoms with E-state index in [9.17, 15) is 9.59 Å². The molecule has 8 heteroatoms. The van der Waals surface area contributed by atoms with Crippen molar-refractivity contribution < 1.29 is 23.8 Å². The molecule has 1 aliphatic rings. The number of thiazole rings is 1. The van der Waals surface area contributed by atoms with Gasteiger partial charge in [0, 0.05) is 12.1 Å². The molecule has 0 saturated heterocycles. The van der Waals surface area contributed by atoms with Crippen LogP contribution in [0.25, 0.3) is 10.2 Å². The normalized spacial score (nSPS) is 13.0. The number of aromatic nitrogens is 1. The van der Waals surface area contributed by atoms with Crippen molar-refractivity contribution in [1.29, 1.82) is 0 Å². The molecule has 1 aromatic heterocycles. The summed E-state index contributed by atoms with van der Waals surface area (Å²) in [7, 11) is 0. The zero-order valence-corrected chi connectivity index (χ0v) is 18.6. The SMILES string of the molecule is C[C@H](OC(=O)c1ccc2c(c1)OCO2)C(=O)Nc1ccc(Cc2nc3ccccc3s2)cc1. The molecular weight excluding hydrogens is 440 g/mol. The number of hydrogen-bond donors (Lipinski definition) is 1. The minimum atomic E-state index is -0.967. The minimum absolute atomic E-state index is 0.117. The van der Waals surface area contributed by atoms with Gasteiger partial charge in [0.1, 0.15) is 0 Å². The first-order chi connectivity index (χ1) is 16.0. The molecule has 0 saturated carbocycles. The van der Waals surface area contributed by atoms with E-state index in [0.717, 1.165) is 22.5 Å².